The molecule has 5 nitrogen and oxygen atoms in total. The maximum atomic E-state index is 5.32. The number of hydrogen-bond donors (Lipinski definition) is 2. The summed E-state index contributed by atoms with van der Waals surface area (Å²) in [6.45, 7) is 8.10. The van der Waals surface area contributed by atoms with E-state index in [0.717, 1.165) is 24.0 Å². The van der Waals surface area contributed by atoms with Gasteiger partial charge in [-0.3, -0.25) is 4.99 Å². The first kappa shape index (κ1) is 19.3. The number of rotatable bonds is 6. The smallest absolute Gasteiger partial charge is 0.191 e. The summed E-state index contributed by atoms with van der Waals surface area (Å²) in [6, 6.07) is 2.00. The minimum atomic E-state index is 0. The van der Waals surface area contributed by atoms with Crippen molar-refractivity contribution in [1.82, 2.24) is 15.8 Å². The summed E-state index contributed by atoms with van der Waals surface area (Å²) >= 11 is 0. The van der Waals surface area contributed by atoms with Gasteiger partial charge in [-0.1, -0.05) is 32.3 Å². The van der Waals surface area contributed by atoms with Crippen molar-refractivity contribution in [3.8, 4) is 0 Å². The summed E-state index contributed by atoms with van der Waals surface area (Å²) in [6.07, 6.45) is 5.25. The molecule has 22 heavy (non-hydrogen) atoms. The van der Waals surface area contributed by atoms with Crippen molar-refractivity contribution in [2.24, 2.45) is 10.4 Å². The van der Waals surface area contributed by atoms with Gasteiger partial charge in [0.1, 0.15) is 0 Å². The fraction of sp³-hybridized carbons (Fsp3) is 0.750. The second kappa shape index (κ2) is 8.74. The monoisotopic (exact) mass is 420 g/mol. The van der Waals surface area contributed by atoms with Crippen LogP contribution >= 0.6 is 24.0 Å². The molecule has 0 aromatic carbocycles. The summed E-state index contributed by atoms with van der Waals surface area (Å²) in [4.78, 5) is 4.27. The van der Waals surface area contributed by atoms with Crippen LogP contribution in [0.15, 0.2) is 15.6 Å². The summed E-state index contributed by atoms with van der Waals surface area (Å²) in [5.41, 5.74) is 1.48. The molecule has 6 heteroatoms. The van der Waals surface area contributed by atoms with Crippen molar-refractivity contribution >= 4 is 29.9 Å². The molecule has 0 radical (unpaired) electrons. The van der Waals surface area contributed by atoms with Crippen molar-refractivity contribution in [2.75, 3.05) is 13.6 Å². The summed E-state index contributed by atoms with van der Waals surface area (Å²) in [5, 5.41) is 10.8. The number of guanidine groups is 1. The molecule has 1 heterocycles. The normalized spacial score (nSPS) is 16.9. The van der Waals surface area contributed by atoms with Gasteiger partial charge in [0.05, 0.1) is 12.2 Å². The van der Waals surface area contributed by atoms with Crippen LogP contribution in [0.25, 0.3) is 0 Å². The Bertz CT molecular complexity index is 475. The van der Waals surface area contributed by atoms with E-state index in [1.54, 1.807) is 7.05 Å². The minimum Gasteiger partial charge on any atom is -0.359 e. The molecule has 1 fully saturated rings. The van der Waals surface area contributed by atoms with Crippen LogP contribution in [0, 0.1) is 5.41 Å². The highest BCUT2D eigenvalue weighted by molar-refractivity contribution is 14.0. The number of nitrogens with one attached hydrogen (secondary N) is 2. The van der Waals surface area contributed by atoms with Crippen LogP contribution in [0.5, 0.6) is 0 Å². The molecule has 1 aliphatic rings. The van der Waals surface area contributed by atoms with Crippen LogP contribution in [0.4, 0.5) is 0 Å². The number of aliphatic imine (C=N–C) groups is 1. The lowest BCUT2D eigenvalue weighted by Gasteiger charge is -2.41. The van der Waals surface area contributed by atoms with Crippen LogP contribution in [-0.4, -0.2) is 24.7 Å². The molecule has 0 saturated heterocycles. The first-order chi connectivity index (χ1) is 10.1. The van der Waals surface area contributed by atoms with Gasteiger partial charge in [0.2, 0.25) is 0 Å². The Labute approximate surface area is 150 Å². The first-order valence-electron chi connectivity index (χ1n) is 7.98. The predicted octanol–water partition coefficient (Wildman–Crippen LogP) is 3.66. The Morgan fingerprint density at radius 1 is 1.41 bits per heavy atom. The zero-order chi connectivity index (χ0) is 15.3. The fourth-order valence-corrected chi connectivity index (χ4v) is 2.68. The van der Waals surface area contributed by atoms with Gasteiger partial charge < -0.3 is 15.2 Å². The molecule has 0 amide bonds. The van der Waals surface area contributed by atoms with Crippen molar-refractivity contribution in [3.05, 3.63) is 17.5 Å². The zero-order valence-electron chi connectivity index (χ0n) is 14.1. The number of aromatic nitrogens is 1. The van der Waals surface area contributed by atoms with Crippen LogP contribution in [0.1, 0.15) is 63.8 Å². The molecule has 126 valence electrons. The highest BCUT2D eigenvalue weighted by Gasteiger charge is 2.34. The molecule has 1 saturated carbocycles. The van der Waals surface area contributed by atoms with Gasteiger partial charge in [-0.25, -0.2) is 0 Å². The highest BCUT2D eigenvalue weighted by Crippen LogP contribution is 2.42. The Kier molecular flexibility index (Phi) is 7.65. The average Bonchev–Trinajstić information content (AvgIpc) is 2.90. The molecule has 0 atom stereocenters. The first-order valence-corrected chi connectivity index (χ1v) is 7.98. The van der Waals surface area contributed by atoms with Gasteiger partial charge in [0, 0.05) is 19.7 Å². The second-order valence-corrected chi connectivity index (χ2v) is 6.36. The summed E-state index contributed by atoms with van der Waals surface area (Å²) in [5.74, 6) is 2.07. The third kappa shape index (κ3) is 4.86. The van der Waals surface area contributed by atoms with E-state index in [-0.39, 0.29) is 24.0 Å². The Hall–Kier alpha value is -0.790. The lowest BCUT2D eigenvalue weighted by atomic mass is 9.67. The molecular weight excluding hydrogens is 391 g/mol. The quantitative estimate of drug-likeness (QED) is 0.419. The van der Waals surface area contributed by atoms with E-state index in [1.165, 1.54) is 25.7 Å². The largest absolute Gasteiger partial charge is 0.359 e. The average molecular weight is 420 g/mol. The van der Waals surface area contributed by atoms with E-state index < -0.39 is 0 Å². The van der Waals surface area contributed by atoms with E-state index in [1.807, 2.05) is 6.07 Å². The molecule has 0 unspecified atom stereocenters. The van der Waals surface area contributed by atoms with Crippen molar-refractivity contribution in [1.29, 1.82) is 0 Å². The lowest BCUT2D eigenvalue weighted by Crippen LogP contribution is -2.46. The molecule has 2 rings (SSSR count). The van der Waals surface area contributed by atoms with Crippen LogP contribution < -0.4 is 10.6 Å². The SMILES string of the molecule is CCC1(CNC(=NC)NCc2cc(C(C)C)no2)CCC1.I. The van der Waals surface area contributed by atoms with Gasteiger partial charge in [0.25, 0.3) is 0 Å². The molecule has 0 aliphatic heterocycles. The standard InChI is InChI=1S/C16H28N4O.HI/c1-5-16(7-6-8-16)11-19-15(17-4)18-10-13-9-14(12(2)3)20-21-13;/h9,12H,5-8,10-11H2,1-4H3,(H2,17,18,19);1H. The Balaban J connectivity index is 0.00000242. The van der Waals surface area contributed by atoms with E-state index in [2.05, 4.69) is 41.6 Å². The number of halogens is 1. The molecule has 0 spiro atoms. The Morgan fingerprint density at radius 2 is 2.14 bits per heavy atom. The fourth-order valence-electron chi connectivity index (χ4n) is 2.68. The van der Waals surface area contributed by atoms with E-state index in [9.17, 15) is 0 Å². The maximum Gasteiger partial charge on any atom is 0.191 e. The van der Waals surface area contributed by atoms with E-state index >= 15 is 0 Å². The minimum absolute atomic E-state index is 0. The van der Waals surface area contributed by atoms with Crippen molar-refractivity contribution in [3.63, 3.8) is 0 Å². The third-order valence-electron chi connectivity index (χ3n) is 4.62. The topological polar surface area (TPSA) is 62.5 Å². The summed E-state index contributed by atoms with van der Waals surface area (Å²) < 4.78 is 5.32. The highest BCUT2D eigenvalue weighted by atomic mass is 127. The summed E-state index contributed by atoms with van der Waals surface area (Å²) in [7, 11) is 1.80. The lowest BCUT2D eigenvalue weighted by molar-refractivity contribution is 0.131. The Morgan fingerprint density at radius 3 is 2.59 bits per heavy atom. The molecule has 0 bridgehead atoms. The van der Waals surface area contributed by atoms with Crippen molar-refractivity contribution < 1.29 is 4.52 Å². The maximum absolute atomic E-state index is 5.32. The van der Waals surface area contributed by atoms with E-state index in [0.29, 0.717) is 17.9 Å². The predicted molar refractivity (Wildman–Crippen MR) is 101 cm³/mol. The molecule has 1 aliphatic carbocycles. The van der Waals surface area contributed by atoms with Crippen LogP contribution in [0.2, 0.25) is 0 Å². The molecular formula is C16H29IN4O. The molecule has 1 aromatic heterocycles. The van der Waals surface area contributed by atoms with Gasteiger partial charge >= 0.3 is 0 Å². The van der Waals surface area contributed by atoms with Gasteiger partial charge in [0.15, 0.2) is 11.7 Å². The molecule has 1 aromatic rings. The number of nitrogens with zero attached hydrogens (tertiary/aromatic N) is 2. The van der Waals surface area contributed by atoms with Crippen molar-refractivity contribution in [2.45, 2.75) is 58.9 Å². The second-order valence-electron chi connectivity index (χ2n) is 6.36. The van der Waals surface area contributed by atoms with Gasteiger partial charge in [-0.15, -0.1) is 24.0 Å². The van der Waals surface area contributed by atoms with Crippen LogP contribution in [-0.2, 0) is 6.54 Å². The number of hydrogen-bond acceptors (Lipinski definition) is 3. The van der Waals surface area contributed by atoms with Crippen LogP contribution in [0.3, 0.4) is 0 Å². The van der Waals surface area contributed by atoms with E-state index in [4.69, 9.17) is 4.52 Å². The molecule has 2 N–H and O–H groups in total. The third-order valence-corrected chi connectivity index (χ3v) is 4.62. The zero-order valence-corrected chi connectivity index (χ0v) is 16.4. The van der Waals surface area contributed by atoms with Gasteiger partial charge in [-0.2, -0.15) is 0 Å². The van der Waals surface area contributed by atoms with Gasteiger partial charge in [-0.05, 0) is 30.6 Å².